The largest absolute Gasteiger partial charge is 0.363 e. The van der Waals surface area contributed by atoms with Crippen LogP contribution < -0.4 is 5.73 Å². The van der Waals surface area contributed by atoms with Crippen LogP contribution in [0.2, 0.25) is 0 Å². The summed E-state index contributed by atoms with van der Waals surface area (Å²) in [5, 5.41) is 0.301. The maximum atomic E-state index is 5.55. The lowest BCUT2D eigenvalue weighted by Gasteiger charge is -2.21. The van der Waals surface area contributed by atoms with Crippen molar-refractivity contribution in [2.75, 3.05) is 7.11 Å². The average molecular weight is 149 g/mol. The van der Waals surface area contributed by atoms with Gasteiger partial charge in [0.15, 0.2) is 0 Å². The predicted octanol–water partition coefficient (Wildman–Crippen LogP) is 1.35. The van der Waals surface area contributed by atoms with Crippen molar-refractivity contribution in [1.82, 2.24) is 0 Å². The van der Waals surface area contributed by atoms with Crippen LogP contribution in [0, 0.1) is 0 Å². The Bertz CT molecular complexity index is 79.6. The van der Waals surface area contributed by atoms with Gasteiger partial charge in [-0.25, -0.2) is 0 Å². The molecule has 0 fully saturated rings. The van der Waals surface area contributed by atoms with Crippen LogP contribution in [0.25, 0.3) is 0 Å². The van der Waals surface area contributed by atoms with E-state index >= 15 is 0 Å². The highest BCUT2D eigenvalue weighted by Gasteiger charge is 2.13. The van der Waals surface area contributed by atoms with E-state index in [9.17, 15) is 0 Å². The fourth-order valence-corrected chi connectivity index (χ4v) is 1.46. The highest BCUT2D eigenvalue weighted by atomic mass is 31.1. The minimum atomic E-state index is -0.0787. The third kappa shape index (κ3) is 6.23. The normalized spacial score (nSPS) is 17.0. The predicted molar refractivity (Wildman–Crippen MR) is 43.1 cm³/mol. The van der Waals surface area contributed by atoms with Gasteiger partial charge in [0.1, 0.15) is 5.97 Å². The number of ether oxygens (including phenoxy) is 1. The maximum Gasteiger partial charge on any atom is 0.122 e. The molecule has 0 aliphatic rings. The van der Waals surface area contributed by atoms with Crippen LogP contribution >= 0.6 is 8.58 Å². The Morgan fingerprint density at radius 1 is 1.44 bits per heavy atom. The van der Waals surface area contributed by atoms with Gasteiger partial charge in [0, 0.05) is 7.11 Å². The molecule has 0 bridgehead atoms. The van der Waals surface area contributed by atoms with E-state index in [-0.39, 0.29) is 5.97 Å². The summed E-state index contributed by atoms with van der Waals surface area (Å²) in [6.45, 7) is 6.47. The minimum absolute atomic E-state index is 0.0787. The summed E-state index contributed by atoms with van der Waals surface area (Å²) in [5.74, 6) is -0.0787. The van der Waals surface area contributed by atoms with E-state index in [1.54, 1.807) is 7.11 Å². The molecular formula is C6H16NOP. The van der Waals surface area contributed by atoms with Crippen molar-refractivity contribution < 1.29 is 4.74 Å². The zero-order valence-corrected chi connectivity index (χ0v) is 7.56. The Labute approximate surface area is 58.9 Å². The van der Waals surface area contributed by atoms with E-state index in [1.165, 1.54) is 0 Å². The number of nitrogens with two attached hydrogens (primary N) is 1. The molecule has 2 N–H and O–H groups in total. The lowest BCUT2D eigenvalue weighted by molar-refractivity contribution is 0.174. The fourth-order valence-electron chi connectivity index (χ4n) is 0.486. The number of hydrogen-bond acceptors (Lipinski definition) is 2. The highest BCUT2D eigenvalue weighted by Crippen LogP contribution is 2.32. The standard InChI is InChI=1S/C6H16NOP/c1-6(2,3)9-5(7)8-4/h5,9H,7H2,1-4H3. The minimum Gasteiger partial charge on any atom is -0.363 e. The topological polar surface area (TPSA) is 35.2 Å². The molecule has 2 unspecified atom stereocenters. The first-order chi connectivity index (χ1) is 3.95. The van der Waals surface area contributed by atoms with E-state index < -0.39 is 0 Å². The van der Waals surface area contributed by atoms with Crippen molar-refractivity contribution in [2.45, 2.75) is 31.9 Å². The lowest BCUT2D eigenvalue weighted by atomic mass is 10.3. The first kappa shape index (κ1) is 9.35. The van der Waals surface area contributed by atoms with Crippen LogP contribution in [-0.4, -0.2) is 18.2 Å². The number of hydrogen-bond donors (Lipinski definition) is 1. The smallest absolute Gasteiger partial charge is 0.122 e. The summed E-state index contributed by atoms with van der Waals surface area (Å²) in [6, 6.07) is 0. The van der Waals surface area contributed by atoms with Gasteiger partial charge in [0.05, 0.1) is 0 Å². The van der Waals surface area contributed by atoms with Gasteiger partial charge in [0.25, 0.3) is 0 Å². The first-order valence-corrected chi connectivity index (χ1v) is 4.09. The van der Waals surface area contributed by atoms with Gasteiger partial charge in [-0.15, -0.1) is 0 Å². The van der Waals surface area contributed by atoms with E-state index in [0.29, 0.717) is 13.7 Å². The summed E-state index contributed by atoms with van der Waals surface area (Å²) < 4.78 is 4.92. The zero-order valence-electron chi connectivity index (χ0n) is 6.56. The van der Waals surface area contributed by atoms with Crippen LogP contribution in [0.3, 0.4) is 0 Å². The van der Waals surface area contributed by atoms with Crippen LogP contribution in [0.5, 0.6) is 0 Å². The second-order valence-corrected chi connectivity index (χ2v) is 5.41. The van der Waals surface area contributed by atoms with E-state index in [0.717, 1.165) is 0 Å². The highest BCUT2D eigenvalue weighted by molar-refractivity contribution is 7.40. The van der Waals surface area contributed by atoms with Crippen molar-refractivity contribution in [3.8, 4) is 0 Å². The molecule has 56 valence electrons. The van der Waals surface area contributed by atoms with Crippen LogP contribution in [0.15, 0.2) is 0 Å². The molecule has 0 rings (SSSR count). The van der Waals surface area contributed by atoms with Crippen molar-refractivity contribution in [2.24, 2.45) is 5.73 Å². The van der Waals surface area contributed by atoms with Crippen molar-refractivity contribution >= 4 is 8.58 Å². The van der Waals surface area contributed by atoms with Crippen LogP contribution in [0.4, 0.5) is 0 Å². The molecule has 0 aromatic carbocycles. The summed E-state index contributed by atoms with van der Waals surface area (Å²) in [4.78, 5) is 0. The average Bonchev–Trinajstić information content (AvgIpc) is 1.62. The molecule has 0 aliphatic heterocycles. The van der Waals surface area contributed by atoms with E-state index in [2.05, 4.69) is 20.8 Å². The molecule has 3 heteroatoms. The first-order valence-electron chi connectivity index (χ1n) is 3.02. The third-order valence-corrected chi connectivity index (χ3v) is 2.22. The fraction of sp³-hybridized carbons (Fsp3) is 1.00. The third-order valence-electron chi connectivity index (χ3n) is 0.829. The molecule has 2 nitrogen and oxygen atoms in total. The Balaban J connectivity index is 3.47. The van der Waals surface area contributed by atoms with Gasteiger partial charge < -0.3 is 10.5 Å². The molecule has 0 saturated heterocycles. The van der Waals surface area contributed by atoms with Gasteiger partial charge in [-0.2, -0.15) is 0 Å². The van der Waals surface area contributed by atoms with Crippen LogP contribution in [0.1, 0.15) is 20.8 Å². The summed E-state index contributed by atoms with van der Waals surface area (Å²) >= 11 is 0. The zero-order chi connectivity index (χ0) is 7.49. The number of methoxy groups -OCH3 is 1. The Kier molecular flexibility index (Phi) is 3.64. The van der Waals surface area contributed by atoms with Gasteiger partial charge >= 0.3 is 0 Å². The molecule has 0 aromatic rings. The molecule has 0 saturated carbocycles. The maximum absolute atomic E-state index is 5.55. The van der Waals surface area contributed by atoms with E-state index in [4.69, 9.17) is 10.5 Å². The van der Waals surface area contributed by atoms with Crippen molar-refractivity contribution in [1.29, 1.82) is 0 Å². The molecule has 0 aliphatic carbocycles. The molecule has 0 aromatic heterocycles. The van der Waals surface area contributed by atoms with Crippen molar-refractivity contribution in [3.63, 3.8) is 0 Å². The molecular weight excluding hydrogens is 133 g/mol. The number of rotatable bonds is 2. The quantitative estimate of drug-likeness (QED) is 0.475. The van der Waals surface area contributed by atoms with Gasteiger partial charge in [-0.05, 0) is 5.16 Å². The molecule has 2 atom stereocenters. The Morgan fingerprint density at radius 3 is 2.00 bits per heavy atom. The summed E-state index contributed by atoms with van der Waals surface area (Å²) in [5.41, 5.74) is 5.55. The van der Waals surface area contributed by atoms with Gasteiger partial charge in [0.2, 0.25) is 0 Å². The molecule has 0 heterocycles. The summed E-state index contributed by atoms with van der Waals surface area (Å²) in [6.07, 6.45) is 0. The van der Waals surface area contributed by atoms with Gasteiger partial charge in [-0.1, -0.05) is 29.4 Å². The molecule has 0 amide bonds. The molecule has 9 heavy (non-hydrogen) atoms. The SMILES string of the molecule is COC(N)PC(C)(C)C. The second-order valence-electron chi connectivity index (χ2n) is 3.05. The van der Waals surface area contributed by atoms with E-state index in [1.807, 2.05) is 0 Å². The Hall–Kier alpha value is 0.350. The lowest BCUT2D eigenvalue weighted by Crippen LogP contribution is -2.22. The monoisotopic (exact) mass is 149 g/mol. The molecule has 0 spiro atoms. The van der Waals surface area contributed by atoms with Crippen LogP contribution in [-0.2, 0) is 4.74 Å². The second kappa shape index (κ2) is 3.50. The summed E-state index contributed by atoms with van der Waals surface area (Å²) in [7, 11) is 2.31. The molecule has 0 radical (unpaired) electrons. The van der Waals surface area contributed by atoms with Gasteiger partial charge in [-0.3, -0.25) is 0 Å². The van der Waals surface area contributed by atoms with Crippen molar-refractivity contribution in [3.05, 3.63) is 0 Å². The Morgan fingerprint density at radius 2 is 1.89 bits per heavy atom.